The SMILES string of the molecule is NC1=CC2=NC(CCC(=O)O)=NC2C=C1. The molecule has 0 saturated carbocycles. The van der Waals surface area contributed by atoms with Crippen LogP contribution in [0, 0.1) is 0 Å². The number of aliphatic imine (C=N–C) groups is 2. The Balaban J connectivity index is 2.07. The van der Waals surface area contributed by atoms with Gasteiger partial charge in [0.15, 0.2) is 0 Å². The number of carbonyl (C=O) groups is 1. The molecule has 2 rings (SSSR count). The minimum Gasteiger partial charge on any atom is -0.481 e. The Kier molecular flexibility index (Phi) is 2.37. The number of nitrogens with two attached hydrogens (primary N) is 1. The molecule has 0 bridgehead atoms. The van der Waals surface area contributed by atoms with Crippen molar-refractivity contribution >= 4 is 17.5 Å². The molecule has 0 aromatic rings. The Hall–Kier alpha value is -1.91. The van der Waals surface area contributed by atoms with Crippen molar-refractivity contribution in [2.45, 2.75) is 18.9 Å². The average molecular weight is 205 g/mol. The Morgan fingerprint density at radius 3 is 3.13 bits per heavy atom. The van der Waals surface area contributed by atoms with E-state index in [9.17, 15) is 4.79 Å². The molecule has 0 spiro atoms. The molecule has 1 unspecified atom stereocenters. The van der Waals surface area contributed by atoms with Gasteiger partial charge >= 0.3 is 5.97 Å². The number of aliphatic carboxylic acids is 1. The van der Waals surface area contributed by atoms with E-state index in [2.05, 4.69) is 9.98 Å². The molecule has 3 N–H and O–H groups in total. The van der Waals surface area contributed by atoms with Gasteiger partial charge in [-0.05, 0) is 12.2 Å². The zero-order valence-corrected chi connectivity index (χ0v) is 8.05. The summed E-state index contributed by atoms with van der Waals surface area (Å²) < 4.78 is 0. The molecule has 1 heterocycles. The number of allylic oxidation sites excluding steroid dienone is 1. The van der Waals surface area contributed by atoms with Crippen LogP contribution in [0.4, 0.5) is 0 Å². The molecule has 78 valence electrons. The Labute approximate surface area is 86.7 Å². The monoisotopic (exact) mass is 205 g/mol. The summed E-state index contributed by atoms with van der Waals surface area (Å²) in [7, 11) is 0. The van der Waals surface area contributed by atoms with Crippen molar-refractivity contribution in [2.24, 2.45) is 15.7 Å². The molecule has 0 aromatic carbocycles. The smallest absolute Gasteiger partial charge is 0.303 e. The van der Waals surface area contributed by atoms with Crippen molar-refractivity contribution in [3.63, 3.8) is 0 Å². The minimum absolute atomic E-state index is 0.0608. The maximum absolute atomic E-state index is 10.4. The van der Waals surface area contributed by atoms with Gasteiger partial charge in [-0.2, -0.15) is 0 Å². The van der Waals surface area contributed by atoms with Gasteiger partial charge in [0.25, 0.3) is 0 Å². The molecule has 0 radical (unpaired) electrons. The quantitative estimate of drug-likeness (QED) is 0.702. The van der Waals surface area contributed by atoms with Gasteiger partial charge in [-0.15, -0.1) is 0 Å². The van der Waals surface area contributed by atoms with Crippen molar-refractivity contribution < 1.29 is 9.90 Å². The fraction of sp³-hybridized carbons (Fsp3) is 0.300. The molecule has 5 nitrogen and oxygen atoms in total. The Morgan fingerprint density at radius 1 is 1.60 bits per heavy atom. The lowest BCUT2D eigenvalue weighted by atomic mass is 10.1. The van der Waals surface area contributed by atoms with Crippen LogP contribution in [0.15, 0.2) is 33.9 Å². The second-order valence-electron chi connectivity index (χ2n) is 3.42. The maximum atomic E-state index is 10.4. The molecule has 1 aliphatic heterocycles. The lowest BCUT2D eigenvalue weighted by molar-refractivity contribution is -0.136. The highest BCUT2D eigenvalue weighted by Gasteiger charge is 2.21. The summed E-state index contributed by atoms with van der Waals surface area (Å²) in [5, 5.41) is 8.53. The molecular weight excluding hydrogens is 194 g/mol. The molecule has 1 atom stereocenters. The number of fused-ring (bicyclic) bond motifs is 1. The number of hydrogen-bond donors (Lipinski definition) is 2. The fourth-order valence-electron chi connectivity index (χ4n) is 1.49. The molecule has 0 amide bonds. The van der Waals surface area contributed by atoms with Crippen LogP contribution >= 0.6 is 0 Å². The van der Waals surface area contributed by atoms with E-state index in [0.717, 1.165) is 5.71 Å². The summed E-state index contributed by atoms with van der Waals surface area (Å²) in [5.41, 5.74) is 7.06. The van der Waals surface area contributed by atoms with E-state index in [0.29, 0.717) is 18.0 Å². The third-order valence-corrected chi connectivity index (χ3v) is 2.20. The minimum atomic E-state index is -0.835. The van der Waals surface area contributed by atoms with Crippen LogP contribution in [0.25, 0.3) is 0 Å². The van der Waals surface area contributed by atoms with Crippen LogP contribution in [0.3, 0.4) is 0 Å². The first-order valence-corrected chi connectivity index (χ1v) is 4.67. The number of rotatable bonds is 3. The topological polar surface area (TPSA) is 88.0 Å². The zero-order valence-electron chi connectivity index (χ0n) is 8.05. The first-order chi connectivity index (χ1) is 7.15. The van der Waals surface area contributed by atoms with E-state index in [1.807, 2.05) is 6.08 Å². The zero-order chi connectivity index (χ0) is 10.8. The highest BCUT2D eigenvalue weighted by Crippen LogP contribution is 2.16. The summed E-state index contributed by atoms with van der Waals surface area (Å²) >= 11 is 0. The standard InChI is InChI=1S/C10H11N3O2/c11-6-1-2-7-8(5-6)13-9(12-7)3-4-10(14)15/h1-2,5,7H,3-4,11H2,(H,14,15). The Morgan fingerprint density at radius 2 is 2.40 bits per heavy atom. The lowest BCUT2D eigenvalue weighted by Gasteiger charge is -2.06. The first-order valence-electron chi connectivity index (χ1n) is 4.67. The Bertz CT molecular complexity index is 418. The number of hydrogen-bond acceptors (Lipinski definition) is 4. The number of carboxylic acids is 1. The van der Waals surface area contributed by atoms with Gasteiger partial charge in [-0.25, -0.2) is 4.99 Å². The second kappa shape index (κ2) is 3.68. The van der Waals surface area contributed by atoms with Gasteiger partial charge in [0, 0.05) is 12.1 Å². The van der Waals surface area contributed by atoms with E-state index in [-0.39, 0.29) is 12.5 Å². The molecular formula is C10H11N3O2. The molecule has 15 heavy (non-hydrogen) atoms. The van der Waals surface area contributed by atoms with Crippen molar-refractivity contribution in [1.82, 2.24) is 0 Å². The summed E-state index contributed by atoms with van der Waals surface area (Å²) in [6, 6.07) is -0.0684. The highest BCUT2D eigenvalue weighted by atomic mass is 16.4. The van der Waals surface area contributed by atoms with Gasteiger partial charge in [0.05, 0.1) is 12.1 Å². The number of carboxylic acid groups (broad SMARTS) is 1. The van der Waals surface area contributed by atoms with E-state index < -0.39 is 5.97 Å². The molecule has 0 saturated heterocycles. The number of amidine groups is 1. The summed E-state index contributed by atoms with van der Waals surface area (Å²) in [5.74, 6) is -0.244. The van der Waals surface area contributed by atoms with Crippen molar-refractivity contribution in [3.05, 3.63) is 23.9 Å². The van der Waals surface area contributed by atoms with Crippen molar-refractivity contribution in [3.8, 4) is 0 Å². The largest absolute Gasteiger partial charge is 0.481 e. The first kappa shape index (κ1) is 9.64. The van der Waals surface area contributed by atoms with E-state index in [1.165, 1.54) is 0 Å². The van der Waals surface area contributed by atoms with Crippen LogP contribution in [0.1, 0.15) is 12.8 Å². The molecule has 0 fully saturated rings. The number of nitrogens with zero attached hydrogens (tertiary/aromatic N) is 2. The average Bonchev–Trinajstić information content (AvgIpc) is 2.56. The molecule has 1 aliphatic carbocycles. The normalized spacial score (nSPS) is 22.9. The summed E-state index contributed by atoms with van der Waals surface area (Å²) in [6.45, 7) is 0. The lowest BCUT2D eigenvalue weighted by Crippen LogP contribution is -2.16. The van der Waals surface area contributed by atoms with Crippen LogP contribution in [0.5, 0.6) is 0 Å². The third kappa shape index (κ3) is 2.12. The predicted molar refractivity (Wildman–Crippen MR) is 56.9 cm³/mol. The summed E-state index contributed by atoms with van der Waals surface area (Å²) in [4.78, 5) is 18.9. The maximum Gasteiger partial charge on any atom is 0.303 e. The van der Waals surface area contributed by atoms with Crippen LogP contribution < -0.4 is 5.73 Å². The van der Waals surface area contributed by atoms with Crippen LogP contribution in [-0.4, -0.2) is 28.7 Å². The summed E-state index contributed by atoms with van der Waals surface area (Å²) in [6.07, 6.45) is 5.85. The van der Waals surface area contributed by atoms with Gasteiger partial charge in [-0.3, -0.25) is 9.79 Å². The van der Waals surface area contributed by atoms with Gasteiger partial charge in [0.1, 0.15) is 11.9 Å². The van der Waals surface area contributed by atoms with Gasteiger partial charge in [0.2, 0.25) is 0 Å². The predicted octanol–water partition coefficient (Wildman–Crippen LogP) is 0.485. The molecule has 5 heteroatoms. The van der Waals surface area contributed by atoms with Crippen LogP contribution in [0.2, 0.25) is 0 Å². The fourth-order valence-corrected chi connectivity index (χ4v) is 1.49. The second-order valence-corrected chi connectivity index (χ2v) is 3.42. The van der Waals surface area contributed by atoms with Crippen LogP contribution in [-0.2, 0) is 4.79 Å². The van der Waals surface area contributed by atoms with E-state index in [4.69, 9.17) is 10.8 Å². The molecule has 2 aliphatic rings. The van der Waals surface area contributed by atoms with E-state index >= 15 is 0 Å². The molecule has 0 aromatic heterocycles. The van der Waals surface area contributed by atoms with E-state index in [1.54, 1.807) is 12.2 Å². The van der Waals surface area contributed by atoms with Gasteiger partial charge < -0.3 is 10.8 Å². The van der Waals surface area contributed by atoms with Crippen molar-refractivity contribution in [1.29, 1.82) is 0 Å². The van der Waals surface area contributed by atoms with Gasteiger partial charge in [-0.1, -0.05) is 6.08 Å². The highest BCUT2D eigenvalue weighted by molar-refractivity contribution is 6.13. The third-order valence-electron chi connectivity index (χ3n) is 2.20. The van der Waals surface area contributed by atoms with Crippen molar-refractivity contribution in [2.75, 3.05) is 0 Å².